The van der Waals surface area contributed by atoms with Crippen LogP contribution in [0.2, 0.25) is 0 Å². The third kappa shape index (κ3) is 2.94. The van der Waals surface area contributed by atoms with Gasteiger partial charge in [0, 0.05) is 64.3 Å². The van der Waals surface area contributed by atoms with Crippen LogP contribution in [0.1, 0.15) is 25.0 Å². The van der Waals surface area contributed by atoms with Crippen LogP contribution in [-0.4, -0.2) is 57.8 Å². The molecule has 146 valence electrons. The number of pyridine rings is 1. The van der Waals surface area contributed by atoms with Crippen LogP contribution in [0.15, 0.2) is 29.3 Å². The third-order valence-electron chi connectivity index (χ3n) is 5.80. The zero-order valence-corrected chi connectivity index (χ0v) is 16.7. The molecule has 0 aliphatic carbocycles. The molecule has 1 saturated heterocycles. The summed E-state index contributed by atoms with van der Waals surface area (Å²) >= 11 is 0. The highest BCUT2D eigenvalue weighted by Gasteiger charge is 2.40. The van der Waals surface area contributed by atoms with Crippen molar-refractivity contribution in [3.05, 3.63) is 40.6 Å². The van der Waals surface area contributed by atoms with Crippen LogP contribution in [0.4, 0.5) is 0 Å². The second kappa shape index (κ2) is 6.57. The number of aromatic nitrogens is 3. The Balaban J connectivity index is 1.71. The van der Waals surface area contributed by atoms with Crippen molar-refractivity contribution in [1.82, 2.24) is 22.7 Å². The number of rotatable bonds is 4. The summed E-state index contributed by atoms with van der Waals surface area (Å²) in [6, 6.07) is 3.79. The number of nitrogens with zero attached hydrogens (tertiary/aromatic N) is 5. The van der Waals surface area contributed by atoms with Crippen LogP contribution < -0.4 is 5.56 Å². The highest BCUT2D eigenvalue weighted by Crippen LogP contribution is 2.37. The number of hydrogen-bond acceptors (Lipinski definition) is 4. The van der Waals surface area contributed by atoms with Gasteiger partial charge in [-0.15, -0.1) is 0 Å². The summed E-state index contributed by atoms with van der Waals surface area (Å²) in [5.74, 6) is 0.839. The maximum Gasteiger partial charge on any atom is 0.281 e. The van der Waals surface area contributed by atoms with Crippen molar-refractivity contribution < 1.29 is 8.42 Å². The highest BCUT2D eigenvalue weighted by atomic mass is 32.2. The maximum absolute atomic E-state index is 13.1. The molecule has 0 N–H and O–H groups in total. The molecule has 9 heteroatoms. The van der Waals surface area contributed by atoms with E-state index in [0.29, 0.717) is 37.6 Å². The molecule has 2 aromatic heterocycles. The molecule has 0 spiro atoms. The molecule has 4 rings (SSSR count). The lowest BCUT2D eigenvalue weighted by Crippen LogP contribution is -2.52. The minimum absolute atomic E-state index is 0.0423. The fraction of sp³-hybridized carbons (Fsp3) is 0.556. The quantitative estimate of drug-likeness (QED) is 0.774. The van der Waals surface area contributed by atoms with Gasteiger partial charge < -0.3 is 9.13 Å². The Kier molecular flexibility index (Phi) is 4.48. The maximum atomic E-state index is 13.1. The van der Waals surface area contributed by atoms with Gasteiger partial charge in [0.25, 0.3) is 15.8 Å². The first-order valence-corrected chi connectivity index (χ1v) is 10.7. The predicted molar refractivity (Wildman–Crippen MR) is 103 cm³/mol. The Bertz CT molecular complexity index is 1030. The van der Waals surface area contributed by atoms with E-state index in [1.807, 2.05) is 41.4 Å². The minimum Gasteiger partial charge on any atom is -0.334 e. The largest absolute Gasteiger partial charge is 0.334 e. The molecule has 4 heterocycles. The van der Waals surface area contributed by atoms with E-state index in [-0.39, 0.29) is 17.4 Å². The van der Waals surface area contributed by atoms with Crippen LogP contribution in [-0.2, 0) is 23.8 Å². The highest BCUT2D eigenvalue weighted by molar-refractivity contribution is 7.86. The Hall–Kier alpha value is -1.97. The van der Waals surface area contributed by atoms with Crippen LogP contribution in [0.25, 0.3) is 11.4 Å². The van der Waals surface area contributed by atoms with Gasteiger partial charge in [0.2, 0.25) is 0 Å². The molecule has 0 radical (unpaired) electrons. The van der Waals surface area contributed by atoms with Crippen molar-refractivity contribution in [2.24, 2.45) is 13.0 Å². The Morgan fingerprint density at radius 1 is 1.26 bits per heavy atom. The first kappa shape index (κ1) is 18.4. The van der Waals surface area contributed by atoms with Gasteiger partial charge in [-0.3, -0.25) is 4.79 Å². The number of hydrogen-bond donors (Lipinski definition) is 0. The third-order valence-corrected chi connectivity index (χ3v) is 7.79. The molecule has 0 saturated carbocycles. The smallest absolute Gasteiger partial charge is 0.281 e. The van der Waals surface area contributed by atoms with Gasteiger partial charge in [0.1, 0.15) is 5.82 Å². The topological polar surface area (TPSA) is 80.4 Å². The summed E-state index contributed by atoms with van der Waals surface area (Å²) in [6.45, 7) is 3.70. The van der Waals surface area contributed by atoms with Crippen molar-refractivity contribution in [2.45, 2.75) is 25.8 Å². The first-order chi connectivity index (χ1) is 12.8. The zero-order chi connectivity index (χ0) is 19.3. The van der Waals surface area contributed by atoms with E-state index < -0.39 is 10.2 Å². The zero-order valence-electron chi connectivity index (χ0n) is 15.9. The average molecular weight is 391 g/mol. The summed E-state index contributed by atoms with van der Waals surface area (Å²) < 4.78 is 32.1. The van der Waals surface area contributed by atoms with Crippen molar-refractivity contribution >= 4 is 10.2 Å². The summed E-state index contributed by atoms with van der Waals surface area (Å²) in [4.78, 5) is 17.4. The number of aryl methyl sites for hydroxylation is 1. The van der Waals surface area contributed by atoms with Crippen molar-refractivity contribution in [3.8, 4) is 11.4 Å². The lowest BCUT2D eigenvalue weighted by atomic mass is 9.84. The lowest BCUT2D eigenvalue weighted by molar-refractivity contribution is 0.179. The Labute approximate surface area is 159 Å². The molecule has 2 aliphatic rings. The molecular weight excluding hydrogens is 366 g/mol. The first-order valence-electron chi connectivity index (χ1n) is 9.25. The number of imidazole rings is 1. The SMILES string of the molecule is CCN(C)S(=O)(=O)N1C[C@@H]2C[C@H](C1)c1ccc(-c3nccn3C)c(=O)n1C2. The van der Waals surface area contributed by atoms with Crippen LogP contribution in [0.3, 0.4) is 0 Å². The molecule has 2 bridgehead atoms. The van der Waals surface area contributed by atoms with Crippen molar-refractivity contribution in [1.29, 1.82) is 0 Å². The summed E-state index contributed by atoms with van der Waals surface area (Å²) in [6.07, 6.45) is 4.42. The second-order valence-electron chi connectivity index (χ2n) is 7.49. The number of piperidine rings is 1. The molecule has 1 fully saturated rings. The lowest BCUT2D eigenvalue weighted by Gasteiger charge is -2.43. The van der Waals surface area contributed by atoms with Gasteiger partial charge in [-0.2, -0.15) is 17.0 Å². The van der Waals surface area contributed by atoms with E-state index in [1.165, 1.54) is 4.31 Å². The summed E-state index contributed by atoms with van der Waals surface area (Å²) in [5.41, 5.74) is 1.47. The molecular formula is C18H25N5O3S. The van der Waals surface area contributed by atoms with Crippen molar-refractivity contribution in [2.75, 3.05) is 26.7 Å². The van der Waals surface area contributed by atoms with Crippen molar-refractivity contribution in [3.63, 3.8) is 0 Å². The Morgan fingerprint density at radius 3 is 2.70 bits per heavy atom. The molecule has 0 amide bonds. The summed E-state index contributed by atoms with van der Waals surface area (Å²) in [5, 5.41) is 0. The molecule has 2 atom stereocenters. The second-order valence-corrected chi connectivity index (χ2v) is 9.52. The molecule has 27 heavy (non-hydrogen) atoms. The van der Waals surface area contributed by atoms with Crippen LogP contribution >= 0.6 is 0 Å². The monoisotopic (exact) mass is 391 g/mol. The fourth-order valence-corrected chi connectivity index (χ4v) is 5.73. The molecule has 0 aromatic carbocycles. The van der Waals surface area contributed by atoms with Gasteiger partial charge in [-0.1, -0.05) is 6.92 Å². The van der Waals surface area contributed by atoms with Crippen LogP contribution in [0.5, 0.6) is 0 Å². The van der Waals surface area contributed by atoms with E-state index in [2.05, 4.69) is 4.98 Å². The van der Waals surface area contributed by atoms with Gasteiger partial charge in [0.15, 0.2) is 0 Å². The molecule has 0 unspecified atom stereocenters. The van der Waals surface area contributed by atoms with E-state index in [0.717, 1.165) is 12.1 Å². The molecule has 2 aliphatic heterocycles. The van der Waals surface area contributed by atoms with Gasteiger partial charge in [-0.25, -0.2) is 4.98 Å². The average Bonchev–Trinajstić information content (AvgIpc) is 3.07. The van der Waals surface area contributed by atoms with E-state index in [4.69, 9.17) is 0 Å². The predicted octanol–water partition coefficient (Wildman–Crippen LogP) is 0.864. The molecule has 2 aromatic rings. The van der Waals surface area contributed by atoms with E-state index in [9.17, 15) is 13.2 Å². The van der Waals surface area contributed by atoms with Gasteiger partial charge in [0.05, 0.1) is 5.56 Å². The normalized spacial score (nSPS) is 22.8. The van der Waals surface area contributed by atoms with Crippen LogP contribution in [0, 0.1) is 5.92 Å². The fourth-order valence-electron chi connectivity index (χ4n) is 4.25. The van der Waals surface area contributed by atoms with E-state index >= 15 is 0 Å². The Morgan fingerprint density at radius 2 is 2.04 bits per heavy atom. The van der Waals surface area contributed by atoms with Gasteiger partial charge >= 0.3 is 0 Å². The standard InChI is InChI=1S/C18H25N5O3S/c1-4-21(3)27(25,26)22-10-13-9-14(12-22)16-6-5-15(18(24)23(16)11-13)17-19-7-8-20(17)2/h5-8,13-14H,4,9-12H2,1-3H3/t13-,14+/m0/s1. The number of fused-ring (bicyclic) bond motifs is 4. The summed E-state index contributed by atoms with van der Waals surface area (Å²) in [7, 11) is 0.0270. The molecule has 8 nitrogen and oxygen atoms in total. The van der Waals surface area contributed by atoms with Gasteiger partial charge in [-0.05, 0) is 24.5 Å². The minimum atomic E-state index is -3.45. The van der Waals surface area contributed by atoms with E-state index in [1.54, 1.807) is 17.5 Å².